The number of nitrogens with one attached hydrogen (secondary N) is 2. The molecule has 0 aliphatic carbocycles. The summed E-state index contributed by atoms with van der Waals surface area (Å²) in [5, 5.41) is 6.81. The van der Waals surface area contributed by atoms with Gasteiger partial charge in [-0.05, 0) is 25.2 Å². The molecule has 0 bridgehead atoms. The zero-order valence-corrected chi connectivity index (χ0v) is 15.4. The van der Waals surface area contributed by atoms with Crippen molar-refractivity contribution in [2.24, 2.45) is 16.8 Å². The first-order valence-electron chi connectivity index (χ1n) is 9.40. The Hall–Kier alpha value is -0.810. The zero-order chi connectivity index (χ0) is 16.8. The molecule has 1 rings (SSSR count). The minimum atomic E-state index is 0.603. The van der Waals surface area contributed by atoms with E-state index in [1.54, 1.807) is 0 Å². The van der Waals surface area contributed by atoms with Gasteiger partial charge >= 0.3 is 0 Å². The van der Waals surface area contributed by atoms with Crippen molar-refractivity contribution in [3.05, 3.63) is 0 Å². The molecule has 2 unspecified atom stereocenters. The van der Waals surface area contributed by atoms with Crippen LogP contribution in [0.3, 0.4) is 0 Å². The molecule has 0 saturated carbocycles. The van der Waals surface area contributed by atoms with E-state index in [1.807, 2.05) is 7.05 Å². The molecule has 1 aliphatic rings. The van der Waals surface area contributed by atoms with E-state index in [0.717, 1.165) is 64.2 Å². The van der Waals surface area contributed by atoms with Crippen molar-refractivity contribution in [1.29, 1.82) is 0 Å². The SMILES string of the molecule is CCCCC(CC)CNC(=NC)NCCCOCC1CCOC1. The summed E-state index contributed by atoms with van der Waals surface area (Å²) in [7, 11) is 1.83. The van der Waals surface area contributed by atoms with Gasteiger partial charge in [0.05, 0.1) is 13.2 Å². The first-order chi connectivity index (χ1) is 11.3. The molecule has 1 saturated heterocycles. The molecular formula is C18H37N3O2. The van der Waals surface area contributed by atoms with Crippen molar-refractivity contribution in [2.75, 3.05) is 46.6 Å². The van der Waals surface area contributed by atoms with E-state index >= 15 is 0 Å². The summed E-state index contributed by atoms with van der Waals surface area (Å²) in [6.07, 6.45) is 7.26. The zero-order valence-electron chi connectivity index (χ0n) is 15.4. The molecule has 1 aliphatic heterocycles. The van der Waals surface area contributed by atoms with Crippen LogP contribution >= 0.6 is 0 Å². The van der Waals surface area contributed by atoms with Crippen LogP contribution in [0, 0.1) is 11.8 Å². The van der Waals surface area contributed by atoms with Crippen molar-refractivity contribution in [3.8, 4) is 0 Å². The Morgan fingerprint density at radius 1 is 1.30 bits per heavy atom. The lowest BCUT2D eigenvalue weighted by Gasteiger charge is -2.18. The van der Waals surface area contributed by atoms with E-state index in [-0.39, 0.29) is 0 Å². The van der Waals surface area contributed by atoms with Gasteiger partial charge in [-0.15, -0.1) is 0 Å². The molecule has 0 amide bonds. The van der Waals surface area contributed by atoms with E-state index in [4.69, 9.17) is 9.47 Å². The molecule has 5 heteroatoms. The fraction of sp³-hybridized carbons (Fsp3) is 0.944. The standard InChI is InChI=1S/C18H37N3O2/c1-4-6-8-16(5-2)13-21-18(19-3)20-10-7-11-22-14-17-9-12-23-15-17/h16-17H,4-15H2,1-3H3,(H2,19,20,21). The van der Waals surface area contributed by atoms with E-state index in [2.05, 4.69) is 29.5 Å². The number of nitrogens with zero attached hydrogens (tertiary/aromatic N) is 1. The van der Waals surface area contributed by atoms with Gasteiger partial charge in [0.2, 0.25) is 0 Å². The summed E-state index contributed by atoms with van der Waals surface area (Å²) >= 11 is 0. The molecule has 0 aromatic carbocycles. The van der Waals surface area contributed by atoms with E-state index in [1.165, 1.54) is 25.7 Å². The minimum absolute atomic E-state index is 0.603. The number of aliphatic imine (C=N–C) groups is 1. The molecular weight excluding hydrogens is 290 g/mol. The maximum absolute atomic E-state index is 5.71. The molecule has 136 valence electrons. The van der Waals surface area contributed by atoms with Gasteiger partial charge in [0.1, 0.15) is 0 Å². The summed E-state index contributed by atoms with van der Waals surface area (Å²) in [6, 6.07) is 0. The smallest absolute Gasteiger partial charge is 0.190 e. The Bertz CT molecular complexity index is 305. The average Bonchev–Trinajstić information content (AvgIpc) is 3.09. The Kier molecular flexibility index (Phi) is 12.0. The number of rotatable bonds is 12. The number of ether oxygens (including phenoxy) is 2. The summed E-state index contributed by atoms with van der Waals surface area (Å²) in [6.45, 7) is 9.82. The van der Waals surface area contributed by atoms with Crippen molar-refractivity contribution in [1.82, 2.24) is 10.6 Å². The molecule has 0 aromatic heterocycles. The molecule has 5 nitrogen and oxygen atoms in total. The Labute approximate surface area is 142 Å². The van der Waals surface area contributed by atoms with E-state index in [9.17, 15) is 0 Å². The number of guanidine groups is 1. The highest BCUT2D eigenvalue weighted by atomic mass is 16.5. The van der Waals surface area contributed by atoms with Crippen LogP contribution in [0.25, 0.3) is 0 Å². The molecule has 0 radical (unpaired) electrons. The van der Waals surface area contributed by atoms with Crippen LogP contribution in [0.1, 0.15) is 52.4 Å². The lowest BCUT2D eigenvalue weighted by molar-refractivity contribution is 0.0888. The quantitative estimate of drug-likeness (QED) is 0.329. The van der Waals surface area contributed by atoms with Crippen LogP contribution in [0.15, 0.2) is 4.99 Å². The highest BCUT2D eigenvalue weighted by Gasteiger charge is 2.15. The van der Waals surface area contributed by atoms with Gasteiger partial charge in [0.25, 0.3) is 0 Å². The number of hydrogen-bond acceptors (Lipinski definition) is 3. The second kappa shape index (κ2) is 13.6. The Morgan fingerprint density at radius 2 is 2.17 bits per heavy atom. The molecule has 23 heavy (non-hydrogen) atoms. The summed E-state index contributed by atoms with van der Waals surface area (Å²) in [5.41, 5.74) is 0. The molecule has 0 spiro atoms. The number of hydrogen-bond donors (Lipinski definition) is 2. The summed E-state index contributed by atoms with van der Waals surface area (Å²) in [5.74, 6) is 2.25. The van der Waals surface area contributed by atoms with Crippen LogP contribution in [-0.2, 0) is 9.47 Å². The van der Waals surface area contributed by atoms with Gasteiger partial charge in [0, 0.05) is 39.3 Å². The van der Waals surface area contributed by atoms with Gasteiger partial charge in [0.15, 0.2) is 5.96 Å². The second-order valence-corrected chi connectivity index (χ2v) is 6.45. The topological polar surface area (TPSA) is 54.9 Å². The summed E-state index contributed by atoms with van der Waals surface area (Å²) < 4.78 is 11.1. The fourth-order valence-electron chi connectivity index (χ4n) is 2.75. The van der Waals surface area contributed by atoms with Crippen molar-refractivity contribution in [3.63, 3.8) is 0 Å². The molecule has 0 aromatic rings. The van der Waals surface area contributed by atoms with E-state index in [0.29, 0.717) is 5.92 Å². The Balaban J connectivity index is 2.02. The van der Waals surface area contributed by atoms with Crippen molar-refractivity contribution < 1.29 is 9.47 Å². The third-order valence-electron chi connectivity index (χ3n) is 4.46. The monoisotopic (exact) mass is 327 g/mol. The summed E-state index contributed by atoms with van der Waals surface area (Å²) in [4.78, 5) is 4.29. The Morgan fingerprint density at radius 3 is 2.83 bits per heavy atom. The van der Waals surface area contributed by atoms with Gasteiger partial charge in [-0.1, -0.05) is 33.1 Å². The highest BCUT2D eigenvalue weighted by Crippen LogP contribution is 2.12. The third kappa shape index (κ3) is 9.82. The van der Waals surface area contributed by atoms with Crippen LogP contribution in [0.4, 0.5) is 0 Å². The van der Waals surface area contributed by atoms with Gasteiger partial charge in [-0.3, -0.25) is 4.99 Å². The second-order valence-electron chi connectivity index (χ2n) is 6.45. The van der Waals surface area contributed by atoms with Crippen LogP contribution in [-0.4, -0.2) is 52.5 Å². The molecule has 2 atom stereocenters. The maximum Gasteiger partial charge on any atom is 0.190 e. The molecule has 1 fully saturated rings. The van der Waals surface area contributed by atoms with Gasteiger partial charge in [-0.2, -0.15) is 0 Å². The van der Waals surface area contributed by atoms with Gasteiger partial charge < -0.3 is 20.1 Å². The normalized spacial score (nSPS) is 19.8. The lowest BCUT2D eigenvalue weighted by atomic mass is 9.99. The maximum atomic E-state index is 5.71. The fourth-order valence-corrected chi connectivity index (χ4v) is 2.75. The predicted octanol–water partition coefficient (Wildman–Crippen LogP) is 2.81. The minimum Gasteiger partial charge on any atom is -0.381 e. The average molecular weight is 328 g/mol. The first kappa shape index (κ1) is 20.2. The predicted molar refractivity (Wildman–Crippen MR) is 97.0 cm³/mol. The van der Waals surface area contributed by atoms with Crippen LogP contribution < -0.4 is 10.6 Å². The third-order valence-corrected chi connectivity index (χ3v) is 4.46. The van der Waals surface area contributed by atoms with Crippen molar-refractivity contribution in [2.45, 2.75) is 52.4 Å². The van der Waals surface area contributed by atoms with Crippen molar-refractivity contribution >= 4 is 5.96 Å². The van der Waals surface area contributed by atoms with Crippen LogP contribution in [0.5, 0.6) is 0 Å². The molecule has 2 N–H and O–H groups in total. The number of unbranched alkanes of at least 4 members (excludes halogenated alkanes) is 1. The van der Waals surface area contributed by atoms with Crippen LogP contribution in [0.2, 0.25) is 0 Å². The van der Waals surface area contributed by atoms with Gasteiger partial charge in [-0.25, -0.2) is 0 Å². The molecule has 1 heterocycles. The van der Waals surface area contributed by atoms with E-state index < -0.39 is 0 Å². The first-order valence-corrected chi connectivity index (χ1v) is 9.40. The largest absolute Gasteiger partial charge is 0.381 e. The highest BCUT2D eigenvalue weighted by molar-refractivity contribution is 5.79. The lowest BCUT2D eigenvalue weighted by Crippen LogP contribution is -2.40.